The molecule has 0 radical (unpaired) electrons. The van der Waals surface area contributed by atoms with E-state index in [1.807, 2.05) is 48.5 Å². The van der Waals surface area contributed by atoms with Gasteiger partial charge in [0.15, 0.2) is 17.5 Å². The third kappa shape index (κ3) is 4.67. The van der Waals surface area contributed by atoms with E-state index in [-0.39, 0.29) is 29.7 Å². The lowest BCUT2D eigenvalue weighted by Crippen LogP contribution is -2.00. The SMILES string of the molecule is [2H]c1c([2H])c([2H])c(-c2ccc(-c3nc(-c4ccccc4)nc(-c4ccc5oc6ccc(-n7c8ccccc8c8ccccc87)cc6c5c4)n3)cc2)c([2H])c1[2H]. The van der Waals surface area contributed by atoms with Crippen LogP contribution < -0.4 is 0 Å². The Morgan fingerprint density at radius 1 is 0.420 bits per heavy atom. The molecule has 10 aromatic rings. The van der Waals surface area contributed by atoms with Crippen LogP contribution in [0, 0.1) is 0 Å². The largest absolute Gasteiger partial charge is 0.456 e. The molecule has 0 bridgehead atoms. The van der Waals surface area contributed by atoms with Crippen LogP contribution in [0.5, 0.6) is 0 Å². The minimum atomic E-state index is -0.424. The van der Waals surface area contributed by atoms with Crippen molar-refractivity contribution in [3.05, 3.63) is 170 Å². The zero-order valence-corrected chi connectivity index (χ0v) is 26.5. The quantitative estimate of drug-likeness (QED) is 0.187. The van der Waals surface area contributed by atoms with Crippen molar-refractivity contribution in [2.24, 2.45) is 0 Å². The number of fused-ring (bicyclic) bond motifs is 6. The molecule has 3 aromatic heterocycles. The predicted molar refractivity (Wildman–Crippen MR) is 203 cm³/mol. The molecule has 234 valence electrons. The van der Waals surface area contributed by atoms with Crippen molar-refractivity contribution in [2.75, 3.05) is 0 Å². The third-order valence-electron chi connectivity index (χ3n) is 9.15. The van der Waals surface area contributed by atoms with E-state index in [1.54, 1.807) is 24.3 Å². The van der Waals surface area contributed by atoms with Crippen LogP contribution in [0.15, 0.2) is 174 Å². The molecule has 10 rings (SSSR count). The molecule has 0 saturated heterocycles. The summed E-state index contributed by atoms with van der Waals surface area (Å²) in [6, 6.07) is 44.3. The number of rotatable bonds is 5. The van der Waals surface area contributed by atoms with Gasteiger partial charge in [0, 0.05) is 43.9 Å². The zero-order chi connectivity index (χ0) is 37.4. The first-order valence-corrected chi connectivity index (χ1v) is 16.3. The monoisotopic (exact) mass is 645 g/mol. The van der Waals surface area contributed by atoms with Gasteiger partial charge in [-0.15, -0.1) is 0 Å². The summed E-state index contributed by atoms with van der Waals surface area (Å²) >= 11 is 0. The average molecular weight is 646 g/mol. The van der Waals surface area contributed by atoms with Crippen LogP contribution >= 0.6 is 0 Å². The van der Waals surface area contributed by atoms with Gasteiger partial charge in [-0.3, -0.25) is 0 Å². The maximum Gasteiger partial charge on any atom is 0.164 e. The number of nitrogens with zero attached hydrogens (tertiary/aromatic N) is 4. The number of hydrogen-bond acceptors (Lipinski definition) is 4. The van der Waals surface area contributed by atoms with Crippen molar-refractivity contribution in [3.8, 4) is 51.0 Å². The summed E-state index contributed by atoms with van der Waals surface area (Å²) < 4.78 is 49.7. The van der Waals surface area contributed by atoms with Crippen molar-refractivity contribution < 1.29 is 11.3 Å². The van der Waals surface area contributed by atoms with Gasteiger partial charge < -0.3 is 8.98 Å². The second-order valence-electron chi connectivity index (χ2n) is 12.1. The first-order chi connectivity index (χ1) is 26.8. The molecule has 50 heavy (non-hydrogen) atoms. The maximum absolute atomic E-state index is 8.43. The van der Waals surface area contributed by atoms with Gasteiger partial charge in [-0.05, 0) is 59.7 Å². The van der Waals surface area contributed by atoms with Crippen LogP contribution in [-0.4, -0.2) is 19.5 Å². The molecule has 7 aromatic carbocycles. The topological polar surface area (TPSA) is 56.7 Å². The first kappa shape index (κ1) is 23.5. The second kappa shape index (κ2) is 11.4. The molecular weight excluding hydrogens is 613 g/mol. The average Bonchev–Trinajstić information content (AvgIpc) is 3.77. The maximum atomic E-state index is 8.43. The molecule has 0 N–H and O–H groups in total. The van der Waals surface area contributed by atoms with Gasteiger partial charge in [-0.1, -0.05) is 121 Å². The first-order valence-electron chi connectivity index (χ1n) is 18.8. The van der Waals surface area contributed by atoms with Crippen molar-refractivity contribution in [1.29, 1.82) is 0 Å². The van der Waals surface area contributed by atoms with Gasteiger partial charge in [-0.2, -0.15) is 0 Å². The van der Waals surface area contributed by atoms with Crippen LogP contribution in [-0.2, 0) is 0 Å². The van der Waals surface area contributed by atoms with E-state index in [4.69, 9.17) is 26.2 Å². The fourth-order valence-corrected chi connectivity index (χ4v) is 6.78. The molecule has 0 spiro atoms. The van der Waals surface area contributed by atoms with E-state index in [0.29, 0.717) is 28.6 Å². The summed E-state index contributed by atoms with van der Waals surface area (Å²) in [4.78, 5) is 14.8. The predicted octanol–water partition coefficient (Wildman–Crippen LogP) is 11.5. The normalized spacial score (nSPS) is 13.0. The highest BCUT2D eigenvalue weighted by molar-refractivity contribution is 6.11. The Labute approximate surface area is 294 Å². The number of hydrogen-bond donors (Lipinski definition) is 0. The van der Waals surface area contributed by atoms with Gasteiger partial charge in [0.05, 0.1) is 17.9 Å². The van der Waals surface area contributed by atoms with Gasteiger partial charge in [0.25, 0.3) is 0 Å². The van der Waals surface area contributed by atoms with Crippen molar-refractivity contribution in [3.63, 3.8) is 0 Å². The van der Waals surface area contributed by atoms with Crippen molar-refractivity contribution >= 4 is 43.7 Å². The molecule has 5 nitrogen and oxygen atoms in total. The fourth-order valence-electron chi connectivity index (χ4n) is 6.78. The van der Waals surface area contributed by atoms with E-state index >= 15 is 0 Å². The van der Waals surface area contributed by atoms with Crippen LogP contribution in [0.4, 0.5) is 0 Å². The van der Waals surface area contributed by atoms with Crippen LogP contribution in [0.25, 0.3) is 94.7 Å². The lowest BCUT2D eigenvalue weighted by Gasteiger charge is -2.09. The molecule has 5 heteroatoms. The molecule has 0 aliphatic carbocycles. The summed E-state index contributed by atoms with van der Waals surface area (Å²) in [5.41, 5.74) is 7.74. The Balaban J connectivity index is 1.11. The van der Waals surface area contributed by atoms with E-state index in [9.17, 15) is 0 Å². The lowest BCUT2D eigenvalue weighted by atomic mass is 10.0. The Kier molecular flexibility index (Phi) is 5.35. The second-order valence-corrected chi connectivity index (χ2v) is 12.1. The Morgan fingerprint density at radius 3 is 1.62 bits per heavy atom. The molecule has 0 unspecified atom stereocenters. The molecule has 0 amide bonds. The number of aromatic nitrogens is 4. The summed E-state index contributed by atoms with van der Waals surface area (Å²) in [6.07, 6.45) is 0. The van der Waals surface area contributed by atoms with E-state index < -0.39 is 6.04 Å². The molecule has 0 atom stereocenters. The number of benzene rings is 7. The van der Waals surface area contributed by atoms with Crippen LogP contribution in [0.2, 0.25) is 0 Å². The highest BCUT2D eigenvalue weighted by Crippen LogP contribution is 2.37. The Bertz CT molecular complexity index is 3070. The minimum Gasteiger partial charge on any atom is -0.456 e. The summed E-state index contributed by atoms with van der Waals surface area (Å²) in [6.45, 7) is 0. The van der Waals surface area contributed by atoms with Gasteiger partial charge in [-0.25, -0.2) is 15.0 Å². The van der Waals surface area contributed by atoms with Crippen molar-refractivity contribution in [2.45, 2.75) is 0 Å². The van der Waals surface area contributed by atoms with Crippen molar-refractivity contribution in [1.82, 2.24) is 19.5 Å². The number of furan rings is 1. The molecule has 0 aliphatic heterocycles. The molecular formula is C45H28N4O. The Hall–Kier alpha value is -6.85. The number of para-hydroxylation sites is 2. The van der Waals surface area contributed by atoms with Gasteiger partial charge in [0.2, 0.25) is 0 Å². The fraction of sp³-hybridized carbons (Fsp3) is 0. The molecule has 0 fully saturated rings. The summed E-state index contributed by atoms with van der Waals surface area (Å²) in [5, 5.41) is 4.29. The molecule has 0 aliphatic rings. The summed E-state index contributed by atoms with van der Waals surface area (Å²) in [5.74, 6) is 1.41. The van der Waals surface area contributed by atoms with Crippen LogP contribution in [0.1, 0.15) is 6.85 Å². The van der Waals surface area contributed by atoms with Crippen LogP contribution in [0.3, 0.4) is 0 Å². The Morgan fingerprint density at radius 2 is 0.940 bits per heavy atom. The summed E-state index contributed by atoms with van der Waals surface area (Å²) in [7, 11) is 0. The standard InChI is InChI=1S/C45H28N4O/c1-3-11-29(12-4-1)30-19-21-32(22-20-30)44-46-43(31-13-5-2-6-14-31)47-45(48-44)33-23-25-41-37(27-33)38-28-34(24-26-42(38)50-41)49-39-17-9-7-15-35(39)36-16-8-10-18-40(36)49/h1-28H/i1D,3D,4D,11D,12D. The van der Waals surface area contributed by atoms with E-state index in [1.165, 1.54) is 10.8 Å². The van der Waals surface area contributed by atoms with E-state index in [0.717, 1.165) is 49.8 Å². The van der Waals surface area contributed by atoms with Gasteiger partial charge >= 0.3 is 0 Å². The highest BCUT2D eigenvalue weighted by atomic mass is 16.3. The van der Waals surface area contributed by atoms with Gasteiger partial charge in [0.1, 0.15) is 11.2 Å². The zero-order valence-electron chi connectivity index (χ0n) is 31.5. The smallest absolute Gasteiger partial charge is 0.164 e. The minimum absolute atomic E-state index is 0.140. The highest BCUT2D eigenvalue weighted by Gasteiger charge is 2.17. The lowest BCUT2D eigenvalue weighted by molar-refractivity contribution is 0.669. The van der Waals surface area contributed by atoms with E-state index in [2.05, 4.69) is 71.3 Å². The molecule has 3 heterocycles. The molecule has 0 saturated carbocycles. The third-order valence-corrected chi connectivity index (χ3v) is 9.15.